The lowest BCUT2D eigenvalue weighted by atomic mass is 9.91. The number of unbranched alkanes of at least 4 members (excludes halogenated alkanes) is 1. The van der Waals surface area contributed by atoms with Crippen molar-refractivity contribution in [1.82, 2.24) is 4.90 Å². The van der Waals surface area contributed by atoms with E-state index in [-0.39, 0.29) is 12.3 Å². The lowest BCUT2D eigenvalue weighted by molar-refractivity contribution is -0.0693. The molecule has 1 heterocycles. The maximum absolute atomic E-state index is 10.8. The highest BCUT2D eigenvalue weighted by molar-refractivity contribution is 5.29. The predicted molar refractivity (Wildman–Crippen MR) is 108 cm³/mol. The predicted octanol–water partition coefficient (Wildman–Crippen LogP) is 1.38. The second kappa shape index (κ2) is 10.2. The summed E-state index contributed by atoms with van der Waals surface area (Å²) in [6, 6.07) is 0. The van der Waals surface area contributed by atoms with E-state index in [1.807, 2.05) is 13.0 Å². The monoisotopic (exact) mass is 378 g/mol. The van der Waals surface area contributed by atoms with Gasteiger partial charge in [-0.1, -0.05) is 31.4 Å². The molecule has 0 saturated carbocycles. The number of ether oxygens (including phenoxy) is 1. The Hall–Kier alpha value is -2.22. The first-order valence-corrected chi connectivity index (χ1v) is 9.01. The van der Waals surface area contributed by atoms with Crippen LogP contribution in [0.2, 0.25) is 0 Å². The van der Waals surface area contributed by atoms with E-state index >= 15 is 0 Å². The molecule has 0 amide bonds. The van der Waals surface area contributed by atoms with Crippen LogP contribution in [-0.2, 0) is 4.74 Å². The molecule has 0 spiro atoms. The van der Waals surface area contributed by atoms with Gasteiger partial charge in [0.15, 0.2) is 6.23 Å². The van der Waals surface area contributed by atoms with Crippen molar-refractivity contribution in [2.45, 2.75) is 51.5 Å². The summed E-state index contributed by atoms with van der Waals surface area (Å²) in [5, 5.41) is 20.4. The summed E-state index contributed by atoms with van der Waals surface area (Å²) >= 11 is 0. The lowest BCUT2D eigenvalue weighted by Crippen LogP contribution is -2.40. The Morgan fingerprint density at radius 1 is 1.22 bits per heavy atom. The number of aliphatic hydroxyl groups excluding tert-OH is 2. The van der Waals surface area contributed by atoms with Crippen molar-refractivity contribution in [1.29, 1.82) is 0 Å². The van der Waals surface area contributed by atoms with E-state index < -0.39 is 24.4 Å². The van der Waals surface area contributed by atoms with E-state index in [2.05, 4.69) is 19.7 Å². The topological polar surface area (TPSA) is 131 Å². The number of hydrogen-bond donors (Lipinski definition) is 5. The van der Waals surface area contributed by atoms with Crippen LogP contribution in [0.5, 0.6) is 0 Å². The Morgan fingerprint density at radius 2 is 1.85 bits per heavy atom. The van der Waals surface area contributed by atoms with Crippen LogP contribution >= 0.6 is 0 Å². The molecule has 152 valence electrons. The van der Waals surface area contributed by atoms with Crippen molar-refractivity contribution in [2.75, 3.05) is 6.61 Å². The molecule has 7 heteroatoms. The molecule has 8 N–H and O–H groups in total. The van der Waals surface area contributed by atoms with Gasteiger partial charge in [-0.25, -0.2) is 0 Å². The number of allylic oxidation sites excluding steroid dienone is 3. The fraction of sp³-hybridized carbons (Fsp3) is 0.500. The molecule has 0 aliphatic carbocycles. The van der Waals surface area contributed by atoms with Gasteiger partial charge >= 0.3 is 0 Å². The average Bonchev–Trinajstić information content (AvgIpc) is 2.93. The zero-order chi connectivity index (χ0) is 20.7. The van der Waals surface area contributed by atoms with Gasteiger partial charge < -0.3 is 37.1 Å². The Morgan fingerprint density at radius 3 is 2.26 bits per heavy atom. The van der Waals surface area contributed by atoms with Gasteiger partial charge in [-0.15, -0.1) is 0 Å². The standard InChI is InChI=1S/C20H34N4O3/c1-6-24(20-19(26)17(12(2)3)16(11-25)27-20)15(18(23)14(5)22)10-8-7-9-13(4)21/h6,9,16-17,19-20,25-26H,1-2,5,7-8,10-11,21-23H2,3-4H3/b13-9-,18-15-/t16?,17?,19?,20-/m1/s1. The summed E-state index contributed by atoms with van der Waals surface area (Å²) in [5.74, 6) is -0.395. The van der Waals surface area contributed by atoms with Crippen LogP contribution in [0.15, 0.2) is 60.4 Å². The second-order valence-corrected chi connectivity index (χ2v) is 6.93. The zero-order valence-electron chi connectivity index (χ0n) is 16.4. The van der Waals surface area contributed by atoms with E-state index in [0.29, 0.717) is 17.8 Å². The molecule has 1 rings (SSSR count). The summed E-state index contributed by atoms with van der Waals surface area (Å²) in [5.41, 5.74) is 20.4. The molecular weight excluding hydrogens is 344 g/mol. The van der Waals surface area contributed by atoms with Crippen molar-refractivity contribution in [2.24, 2.45) is 23.1 Å². The molecule has 0 bridgehead atoms. The van der Waals surface area contributed by atoms with Crippen LogP contribution in [0.3, 0.4) is 0 Å². The minimum absolute atomic E-state index is 0.227. The molecule has 7 nitrogen and oxygen atoms in total. The molecule has 1 aliphatic heterocycles. The van der Waals surface area contributed by atoms with Gasteiger partial charge in [0.1, 0.15) is 6.10 Å². The van der Waals surface area contributed by atoms with Crippen molar-refractivity contribution < 1.29 is 14.9 Å². The maximum atomic E-state index is 10.8. The summed E-state index contributed by atoms with van der Waals surface area (Å²) in [7, 11) is 0. The highest BCUT2D eigenvalue weighted by Crippen LogP contribution is 2.36. The highest BCUT2D eigenvalue weighted by atomic mass is 16.5. The first-order valence-electron chi connectivity index (χ1n) is 9.01. The molecule has 1 aliphatic rings. The SMILES string of the molecule is C=CN(/C(CCC/C=C(/C)N)=C(\N)C(=C)N)[C@@H]1OC(CO)C(C(=C)C)C1O. The number of nitrogens with zero attached hydrogens (tertiary/aromatic N) is 1. The van der Waals surface area contributed by atoms with Crippen LogP contribution in [-0.4, -0.2) is 40.2 Å². The number of aliphatic hydroxyl groups is 2. The number of nitrogens with two attached hydrogens (primary N) is 3. The van der Waals surface area contributed by atoms with E-state index in [1.54, 1.807) is 11.8 Å². The molecule has 0 radical (unpaired) electrons. The smallest absolute Gasteiger partial charge is 0.161 e. The normalized spacial score (nSPS) is 26.4. The van der Waals surface area contributed by atoms with Gasteiger partial charge in [-0.05, 0) is 39.3 Å². The second-order valence-electron chi connectivity index (χ2n) is 6.93. The van der Waals surface area contributed by atoms with Crippen molar-refractivity contribution in [3.63, 3.8) is 0 Å². The fourth-order valence-electron chi connectivity index (χ4n) is 3.29. The summed E-state index contributed by atoms with van der Waals surface area (Å²) in [6.45, 7) is 14.9. The van der Waals surface area contributed by atoms with Crippen LogP contribution in [0.4, 0.5) is 0 Å². The number of rotatable bonds is 10. The minimum atomic E-state index is -0.905. The maximum Gasteiger partial charge on any atom is 0.161 e. The third-order valence-corrected chi connectivity index (χ3v) is 4.65. The molecule has 1 saturated heterocycles. The van der Waals surface area contributed by atoms with E-state index in [1.165, 1.54) is 6.20 Å². The van der Waals surface area contributed by atoms with E-state index in [0.717, 1.165) is 24.1 Å². The average molecular weight is 379 g/mol. The Balaban J connectivity index is 3.16. The Labute approximate surface area is 162 Å². The van der Waals surface area contributed by atoms with Crippen LogP contribution < -0.4 is 17.2 Å². The molecule has 4 atom stereocenters. The van der Waals surface area contributed by atoms with Gasteiger partial charge in [0.2, 0.25) is 0 Å². The first-order chi connectivity index (χ1) is 12.6. The minimum Gasteiger partial charge on any atom is -0.403 e. The van der Waals surface area contributed by atoms with Crippen LogP contribution in [0.25, 0.3) is 0 Å². The fourth-order valence-corrected chi connectivity index (χ4v) is 3.29. The first kappa shape index (κ1) is 22.8. The molecule has 1 fully saturated rings. The molecular formula is C20H34N4O3. The van der Waals surface area contributed by atoms with E-state index in [9.17, 15) is 10.2 Å². The zero-order valence-corrected chi connectivity index (χ0v) is 16.4. The van der Waals surface area contributed by atoms with Gasteiger partial charge in [0.05, 0.1) is 18.4 Å². The molecule has 27 heavy (non-hydrogen) atoms. The highest BCUT2D eigenvalue weighted by Gasteiger charge is 2.46. The molecule has 3 unspecified atom stereocenters. The van der Waals surface area contributed by atoms with Crippen molar-refractivity contribution >= 4 is 0 Å². The lowest BCUT2D eigenvalue weighted by Gasteiger charge is -2.33. The Bertz CT molecular complexity index is 623. The quantitative estimate of drug-likeness (QED) is 0.220. The van der Waals surface area contributed by atoms with E-state index in [4.69, 9.17) is 21.9 Å². The van der Waals surface area contributed by atoms with Gasteiger partial charge in [0, 0.05) is 23.0 Å². The summed E-state index contributed by atoms with van der Waals surface area (Å²) in [6.07, 6.45) is 3.34. The molecule has 0 aromatic carbocycles. The van der Waals surface area contributed by atoms with Crippen LogP contribution in [0.1, 0.15) is 33.1 Å². The van der Waals surface area contributed by atoms with Gasteiger partial charge in [-0.2, -0.15) is 0 Å². The third kappa shape index (κ3) is 5.63. The summed E-state index contributed by atoms with van der Waals surface area (Å²) in [4.78, 5) is 1.67. The Kier molecular flexibility index (Phi) is 8.62. The van der Waals surface area contributed by atoms with Crippen LogP contribution in [0, 0.1) is 5.92 Å². The van der Waals surface area contributed by atoms with Crippen molar-refractivity contribution in [3.8, 4) is 0 Å². The molecule has 0 aromatic rings. The van der Waals surface area contributed by atoms with Crippen molar-refractivity contribution in [3.05, 3.63) is 60.4 Å². The van der Waals surface area contributed by atoms with Gasteiger partial charge in [-0.3, -0.25) is 0 Å². The van der Waals surface area contributed by atoms with Gasteiger partial charge in [0.25, 0.3) is 0 Å². The largest absolute Gasteiger partial charge is 0.403 e. The number of hydrogen-bond acceptors (Lipinski definition) is 7. The third-order valence-electron chi connectivity index (χ3n) is 4.65. The summed E-state index contributed by atoms with van der Waals surface area (Å²) < 4.78 is 5.91. The molecule has 0 aromatic heterocycles.